The Hall–Kier alpha value is -5.86. The van der Waals surface area contributed by atoms with Crippen molar-refractivity contribution in [3.63, 3.8) is 0 Å². The maximum atomic E-state index is 3.72. The van der Waals surface area contributed by atoms with E-state index in [0.29, 0.717) is 0 Å². The van der Waals surface area contributed by atoms with Gasteiger partial charge in [-0.1, -0.05) is 136 Å². The lowest BCUT2D eigenvalue weighted by molar-refractivity contribution is 0.664. The van der Waals surface area contributed by atoms with E-state index in [1.807, 2.05) is 0 Å². The number of hydrogen-bond donors (Lipinski definition) is 2. The zero-order valence-electron chi connectivity index (χ0n) is 40.6. The molecule has 7 aromatic carbocycles. The fraction of sp³-hybridized carbons (Fsp3) is 0.323. The van der Waals surface area contributed by atoms with Gasteiger partial charge in [-0.25, -0.2) is 0 Å². The second kappa shape index (κ2) is 21.2. The number of anilines is 4. The smallest absolute Gasteiger partial charge is 0.0387 e. The van der Waals surface area contributed by atoms with Crippen molar-refractivity contribution in [1.29, 1.82) is 0 Å². The van der Waals surface area contributed by atoms with Crippen LogP contribution in [0.4, 0.5) is 22.7 Å². The second-order valence-corrected chi connectivity index (χ2v) is 18.8. The van der Waals surface area contributed by atoms with Crippen molar-refractivity contribution < 1.29 is 0 Å². The fourth-order valence-corrected chi connectivity index (χ4v) is 10.2. The molecule has 0 aliphatic heterocycles. The van der Waals surface area contributed by atoms with Gasteiger partial charge in [-0.15, -0.1) is 0 Å². The first-order valence-corrected chi connectivity index (χ1v) is 24.2. The third-order valence-electron chi connectivity index (χ3n) is 13.2. The molecule has 2 heteroatoms. The Morgan fingerprint density at radius 3 is 0.984 bits per heavy atom. The number of rotatable bonds is 18. The first-order chi connectivity index (χ1) is 30.9. The molecule has 0 fully saturated rings. The van der Waals surface area contributed by atoms with Crippen molar-refractivity contribution in [2.24, 2.45) is 0 Å². The highest BCUT2D eigenvalue weighted by molar-refractivity contribution is 5.82. The minimum Gasteiger partial charge on any atom is -0.356 e. The summed E-state index contributed by atoms with van der Waals surface area (Å²) in [4.78, 5) is 0. The van der Waals surface area contributed by atoms with Crippen molar-refractivity contribution in [3.8, 4) is 44.5 Å². The Bertz CT molecular complexity index is 2460. The molecule has 0 amide bonds. The van der Waals surface area contributed by atoms with E-state index in [0.717, 1.165) is 35.6 Å². The highest BCUT2D eigenvalue weighted by Gasteiger charge is 2.17. The third kappa shape index (κ3) is 11.1. The first kappa shape index (κ1) is 46.1. The monoisotopic (exact) mass is 845 g/mol. The Morgan fingerprint density at radius 2 is 0.656 bits per heavy atom. The van der Waals surface area contributed by atoms with Crippen LogP contribution in [0.3, 0.4) is 0 Å². The van der Waals surface area contributed by atoms with Crippen LogP contribution in [0, 0.1) is 55.4 Å². The standard InChI is InChI=1S/C62H72N2/c1-11-13-15-17-19-51-39-60(58-32-30-56(38-44(58)6)64-54-27-23-50(24-28-54)62-47(9)35-42(4)36-48(62)10)52(20-18-16-14-12-2)40-59(51)57-31-29-55(37-43(57)5)63-53-25-21-49(22-26-53)61-45(7)33-41(3)34-46(61)8/h21-40,63-64H,11-20H2,1-10H3. The molecule has 0 saturated carbocycles. The lowest BCUT2D eigenvalue weighted by atomic mass is 9.85. The lowest BCUT2D eigenvalue weighted by Crippen LogP contribution is -2.01. The largest absolute Gasteiger partial charge is 0.356 e. The van der Waals surface area contributed by atoms with Gasteiger partial charge in [0.15, 0.2) is 0 Å². The summed E-state index contributed by atoms with van der Waals surface area (Å²) in [7, 11) is 0. The molecule has 2 N–H and O–H groups in total. The molecule has 7 aromatic rings. The molecule has 0 atom stereocenters. The first-order valence-electron chi connectivity index (χ1n) is 24.2. The lowest BCUT2D eigenvalue weighted by Gasteiger charge is -2.21. The Labute approximate surface area is 386 Å². The molecule has 0 saturated heterocycles. The summed E-state index contributed by atoms with van der Waals surface area (Å²) in [6, 6.07) is 46.1. The Kier molecular flexibility index (Phi) is 15.3. The van der Waals surface area contributed by atoms with Crippen molar-refractivity contribution in [2.45, 2.75) is 133 Å². The van der Waals surface area contributed by atoms with Crippen LogP contribution in [0.5, 0.6) is 0 Å². The maximum absolute atomic E-state index is 3.72. The van der Waals surface area contributed by atoms with Crippen molar-refractivity contribution >= 4 is 22.7 Å². The molecule has 0 aromatic heterocycles. The van der Waals surface area contributed by atoms with E-state index in [9.17, 15) is 0 Å². The van der Waals surface area contributed by atoms with E-state index in [-0.39, 0.29) is 0 Å². The van der Waals surface area contributed by atoms with Crippen molar-refractivity contribution in [2.75, 3.05) is 10.6 Å². The summed E-state index contributed by atoms with van der Waals surface area (Å²) < 4.78 is 0. The number of hydrogen-bond acceptors (Lipinski definition) is 2. The van der Waals surface area contributed by atoms with Crippen LogP contribution in [0.25, 0.3) is 44.5 Å². The van der Waals surface area contributed by atoms with Crippen molar-refractivity contribution in [3.05, 3.63) is 177 Å². The van der Waals surface area contributed by atoms with Crippen LogP contribution < -0.4 is 10.6 Å². The highest BCUT2D eigenvalue weighted by atomic mass is 14.9. The van der Waals surface area contributed by atoms with Crippen LogP contribution in [0.15, 0.2) is 121 Å². The molecular weight excluding hydrogens is 773 g/mol. The summed E-state index contributed by atoms with van der Waals surface area (Å²) in [5.74, 6) is 0. The molecule has 0 unspecified atom stereocenters. The second-order valence-electron chi connectivity index (χ2n) is 18.8. The predicted molar refractivity (Wildman–Crippen MR) is 281 cm³/mol. The molecule has 330 valence electrons. The molecule has 0 radical (unpaired) electrons. The number of benzene rings is 7. The number of unbranched alkanes of at least 4 members (excludes halogenated alkanes) is 6. The average Bonchev–Trinajstić information content (AvgIpc) is 3.25. The van der Waals surface area contributed by atoms with Crippen LogP contribution in [-0.4, -0.2) is 0 Å². The summed E-state index contributed by atoms with van der Waals surface area (Å²) in [5.41, 5.74) is 28.6. The minimum absolute atomic E-state index is 1.08. The van der Waals surface area contributed by atoms with Crippen LogP contribution in [0.2, 0.25) is 0 Å². The van der Waals surface area contributed by atoms with E-state index in [1.54, 1.807) is 0 Å². The third-order valence-corrected chi connectivity index (χ3v) is 13.2. The zero-order valence-corrected chi connectivity index (χ0v) is 40.6. The van der Waals surface area contributed by atoms with Gasteiger partial charge in [0.25, 0.3) is 0 Å². The SMILES string of the molecule is CCCCCCc1cc(-c2ccc(Nc3ccc(-c4c(C)cc(C)cc4C)cc3)cc2C)c(CCCCCC)cc1-c1ccc(Nc2ccc(-c3c(C)cc(C)cc3C)cc2)cc1C. The van der Waals surface area contributed by atoms with Gasteiger partial charge in [0.2, 0.25) is 0 Å². The fourth-order valence-electron chi connectivity index (χ4n) is 10.2. The number of nitrogens with one attached hydrogen (secondary N) is 2. The molecule has 7 rings (SSSR count). The molecule has 64 heavy (non-hydrogen) atoms. The molecule has 0 bridgehead atoms. The minimum atomic E-state index is 1.08. The average molecular weight is 845 g/mol. The molecular formula is C62H72N2. The topological polar surface area (TPSA) is 24.1 Å². The summed E-state index contributed by atoms with van der Waals surface area (Å²) >= 11 is 0. The number of aryl methyl sites for hydroxylation is 10. The van der Waals surface area contributed by atoms with E-state index >= 15 is 0 Å². The Morgan fingerprint density at radius 1 is 0.312 bits per heavy atom. The van der Waals surface area contributed by atoms with Crippen molar-refractivity contribution in [1.82, 2.24) is 0 Å². The van der Waals surface area contributed by atoms with E-state index in [4.69, 9.17) is 0 Å². The highest BCUT2D eigenvalue weighted by Crippen LogP contribution is 2.39. The van der Waals surface area contributed by atoms with Crippen LogP contribution in [0.1, 0.15) is 121 Å². The van der Waals surface area contributed by atoms with E-state index in [2.05, 4.69) is 201 Å². The molecule has 2 nitrogen and oxygen atoms in total. The van der Waals surface area contributed by atoms with Gasteiger partial charge in [-0.05, 0) is 219 Å². The summed E-state index contributed by atoms with van der Waals surface area (Å²) in [6.07, 6.45) is 12.1. The Balaban J connectivity index is 1.17. The quantitative estimate of drug-likeness (QED) is 0.0841. The van der Waals surface area contributed by atoms with Gasteiger partial charge < -0.3 is 10.6 Å². The molecule has 0 heterocycles. The van der Waals surface area contributed by atoms with Gasteiger partial charge in [-0.2, -0.15) is 0 Å². The van der Waals surface area contributed by atoms with Gasteiger partial charge in [0.05, 0.1) is 0 Å². The van der Waals surface area contributed by atoms with Gasteiger partial charge in [-0.3, -0.25) is 0 Å². The van der Waals surface area contributed by atoms with E-state index < -0.39 is 0 Å². The summed E-state index contributed by atoms with van der Waals surface area (Å²) in [6.45, 7) is 22.4. The predicted octanol–water partition coefficient (Wildman–Crippen LogP) is 18.6. The van der Waals surface area contributed by atoms with Gasteiger partial charge in [0, 0.05) is 22.7 Å². The van der Waals surface area contributed by atoms with Gasteiger partial charge in [0.1, 0.15) is 0 Å². The normalized spacial score (nSPS) is 11.3. The molecule has 0 aliphatic rings. The van der Waals surface area contributed by atoms with E-state index in [1.165, 1.54) is 152 Å². The van der Waals surface area contributed by atoms with Crippen LogP contribution in [-0.2, 0) is 12.8 Å². The van der Waals surface area contributed by atoms with Gasteiger partial charge >= 0.3 is 0 Å². The summed E-state index contributed by atoms with van der Waals surface area (Å²) in [5, 5.41) is 7.44. The van der Waals surface area contributed by atoms with Crippen LogP contribution >= 0.6 is 0 Å². The maximum Gasteiger partial charge on any atom is 0.0387 e. The molecule has 0 aliphatic carbocycles. The molecule has 0 spiro atoms. The zero-order chi connectivity index (χ0) is 45.3.